The van der Waals surface area contributed by atoms with Crippen molar-refractivity contribution in [2.45, 2.75) is 62.9 Å². The van der Waals surface area contributed by atoms with Crippen molar-refractivity contribution in [3.63, 3.8) is 0 Å². The van der Waals surface area contributed by atoms with Crippen LogP contribution >= 0.6 is 0 Å². The summed E-state index contributed by atoms with van der Waals surface area (Å²) < 4.78 is 60.0. The summed E-state index contributed by atoms with van der Waals surface area (Å²) in [6.45, 7) is 0.526. The van der Waals surface area contributed by atoms with Gasteiger partial charge in [0.05, 0.1) is 28.3 Å². The van der Waals surface area contributed by atoms with Crippen LogP contribution in [0.25, 0.3) is 10.8 Å². The SMILES string of the molecule is O=C(c1cc(Cc2n[nH]c(=O)c3ccc(OC4CCC4)cc23)ccc1F)N1C[C@H]2CC[C@@H](C1)N2c1ncc(C(F)(F)F)cn1. The molecule has 2 aliphatic heterocycles. The van der Waals surface area contributed by atoms with E-state index in [-0.39, 0.29) is 54.8 Å². The number of amides is 1. The number of halogens is 4. The zero-order valence-electron chi connectivity index (χ0n) is 23.5. The number of H-pyrrole nitrogens is 1. The molecule has 1 aliphatic carbocycles. The van der Waals surface area contributed by atoms with Crippen molar-refractivity contribution < 1.29 is 27.1 Å². The first-order valence-corrected chi connectivity index (χ1v) is 14.6. The lowest BCUT2D eigenvalue weighted by atomic mass is 9.96. The molecule has 1 N–H and O–H groups in total. The quantitative estimate of drug-likeness (QED) is 0.311. The number of aromatic amines is 1. The molecule has 1 saturated carbocycles. The molecule has 4 heterocycles. The molecule has 4 aromatic rings. The van der Waals surface area contributed by atoms with Crippen LogP contribution in [0.1, 0.15) is 59.3 Å². The highest BCUT2D eigenvalue weighted by Gasteiger charge is 2.43. The third-order valence-corrected chi connectivity index (χ3v) is 8.79. The first-order valence-electron chi connectivity index (χ1n) is 14.6. The minimum atomic E-state index is -4.53. The van der Waals surface area contributed by atoms with Crippen LogP contribution in [0.15, 0.2) is 53.6 Å². The Labute approximate surface area is 248 Å². The lowest BCUT2D eigenvalue weighted by molar-refractivity contribution is -0.138. The number of hydrogen-bond donors (Lipinski definition) is 1. The van der Waals surface area contributed by atoms with Crippen LogP contribution in [-0.2, 0) is 12.6 Å². The Morgan fingerprint density at radius 1 is 0.977 bits per heavy atom. The average molecular weight is 609 g/mol. The zero-order chi connectivity index (χ0) is 30.6. The summed E-state index contributed by atoms with van der Waals surface area (Å²) in [7, 11) is 0. The molecule has 0 radical (unpaired) electrons. The molecule has 2 aromatic carbocycles. The van der Waals surface area contributed by atoms with E-state index in [0.717, 1.165) is 31.7 Å². The van der Waals surface area contributed by atoms with E-state index in [4.69, 9.17) is 4.74 Å². The Hall–Kier alpha value is -4.55. The summed E-state index contributed by atoms with van der Waals surface area (Å²) in [5.74, 6) is -0.284. The van der Waals surface area contributed by atoms with Crippen LogP contribution in [0, 0.1) is 5.82 Å². The smallest absolute Gasteiger partial charge is 0.419 e. The van der Waals surface area contributed by atoms with Crippen molar-refractivity contribution in [2.75, 3.05) is 18.0 Å². The van der Waals surface area contributed by atoms with Gasteiger partial charge in [-0.05, 0) is 68.0 Å². The van der Waals surface area contributed by atoms with Gasteiger partial charge in [-0.2, -0.15) is 18.3 Å². The lowest BCUT2D eigenvalue weighted by Crippen LogP contribution is -2.56. The van der Waals surface area contributed by atoms with E-state index >= 15 is 4.39 Å². The van der Waals surface area contributed by atoms with Crippen molar-refractivity contribution in [1.29, 1.82) is 0 Å². The molecule has 2 aromatic heterocycles. The largest absolute Gasteiger partial charge is 0.490 e. The summed E-state index contributed by atoms with van der Waals surface area (Å²) in [4.78, 5) is 37.4. The molecule has 7 rings (SSSR count). The molecular weight excluding hydrogens is 580 g/mol. The number of benzene rings is 2. The van der Waals surface area contributed by atoms with Crippen molar-refractivity contribution >= 4 is 22.6 Å². The average Bonchev–Trinajstić information content (AvgIpc) is 3.25. The molecule has 0 spiro atoms. The molecule has 1 amide bonds. The summed E-state index contributed by atoms with van der Waals surface area (Å²) in [6.07, 6.45) is 1.93. The summed E-state index contributed by atoms with van der Waals surface area (Å²) in [5.41, 5.74) is -0.133. The molecule has 0 unspecified atom stereocenters. The van der Waals surface area contributed by atoms with Gasteiger partial charge in [-0.1, -0.05) is 6.07 Å². The predicted octanol–water partition coefficient (Wildman–Crippen LogP) is 4.89. The fourth-order valence-electron chi connectivity index (χ4n) is 6.29. The number of nitrogens with one attached hydrogen (secondary N) is 1. The molecule has 3 aliphatic rings. The molecule has 3 fully saturated rings. The third kappa shape index (κ3) is 5.24. The summed E-state index contributed by atoms with van der Waals surface area (Å²) in [5, 5.41) is 7.87. The van der Waals surface area contributed by atoms with Gasteiger partial charge >= 0.3 is 6.18 Å². The summed E-state index contributed by atoms with van der Waals surface area (Å²) in [6, 6.07) is 9.23. The Morgan fingerprint density at radius 3 is 2.36 bits per heavy atom. The molecule has 228 valence electrons. The Bertz CT molecular complexity index is 1780. The summed E-state index contributed by atoms with van der Waals surface area (Å²) >= 11 is 0. The Kier molecular flexibility index (Phi) is 6.97. The monoisotopic (exact) mass is 608 g/mol. The van der Waals surface area contributed by atoms with Crippen molar-refractivity contribution in [3.8, 4) is 5.75 Å². The van der Waals surface area contributed by atoms with Gasteiger partial charge in [0.25, 0.3) is 11.5 Å². The number of carbonyl (C=O) groups excluding carboxylic acids is 1. The number of fused-ring (bicyclic) bond motifs is 3. The van der Waals surface area contributed by atoms with E-state index in [1.54, 1.807) is 29.2 Å². The predicted molar refractivity (Wildman–Crippen MR) is 152 cm³/mol. The number of ether oxygens (including phenoxy) is 1. The van der Waals surface area contributed by atoms with E-state index < -0.39 is 23.5 Å². The number of rotatable bonds is 6. The Balaban J connectivity index is 1.10. The van der Waals surface area contributed by atoms with Gasteiger partial charge in [-0.15, -0.1) is 0 Å². The second-order valence-electron chi connectivity index (χ2n) is 11.6. The first kappa shape index (κ1) is 28.2. The lowest BCUT2D eigenvalue weighted by Gasteiger charge is -2.41. The topological polar surface area (TPSA) is 104 Å². The zero-order valence-corrected chi connectivity index (χ0v) is 23.5. The molecule has 13 heteroatoms. The van der Waals surface area contributed by atoms with E-state index in [1.165, 1.54) is 12.1 Å². The Morgan fingerprint density at radius 2 is 1.70 bits per heavy atom. The minimum Gasteiger partial charge on any atom is -0.490 e. The maximum Gasteiger partial charge on any atom is 0.419 e. The van der Waals surface area contributed by atoms with Gasteiger partial charge in [-0.25, -0.2) is 19.5 Å². The number of hydrogen-bond acceptors (Lipinski definition) is 7. The number of likely N-dealkylation sites (tertiary alicyclic amines) is 1. The van der Waals surface area contributed by atoms with Crippen molar-refractivity contribution in [2.24, 2.45) is 0 Å². The third-order valence-electron chi connectivity index (χ3n) is 8.79. The van der Waals surface area contributed by atoms with Crippen molar-refractivity contribution in [1.82, 2.24) is 25.1 Å². The molecule has 2 saturated heterocycles. The van der Waals surface area contributed by atoms with Crippen LogP contribution in [-0.4, -0.2) is 62.2 Å². The van der Waals surface area contributed by atoms with Gasteiger partial charge in [-0.3, -0.25) is 9.59 Å². The number of piperazine rings is 1. The molecule has 2 bridgehead atoms. The van der Waals surface area contributed by atoms with Gasteiger partial charge in [0.1, 0.15) is 11.6 Å². The number of carbonyl (C=O) groups is 1. The van der Waals surface area contributed by atoms with E-state index in [9.17, 15) is 22.8 Å². The number of alkyl halides is 3. The van der Waals surface area contributed by atoms with Gasteiger partial charge in [0.2, 0.25) is 5.95 Å². The number of anilines is 1. The maximum atomic E-state index is 15.1. The molecule has 9 nitrogen and oxygen atoms in total. The number of nitrogens with zero attached hydrogens (tertiary/aromatic N) is 5. The van der Waals surface area contributed by atoms with E-state index in [1.807, 2.05) is 4.90 Å². The van der Waals surface area contributed by atoms with E-state index in [0.29, 0.717) is 40.6 Å². The minimum absolute atomic E-state index is 0.0798. The maximum absolute atomic E-state index is 15.1. The van der Waals surface area contributed by atoms with Crippen molar-refractivity contribution in [3.05, 3.63) is 87.3 Å². The van der Waals surface area contributed by atoms with Crippen LogP contribution in [0.5, 0.6) is 5.75 Å². The fourth-order valence-corrected chi connectivity index (χ4v) is 6.29. The van der Waals surface area contributed by atoms with Crippen LogP contribution in [0.3, 0.4) is 0 Å². The van der Waals surface area contributed by atoms with E-state index in [2.05, 4.69) is 20.2 Å². The molecule has 2 atom stereocenters. The molecule has 44 heavy (non-hydrogen) atoms. The van der Waals surface area contributed by atoms with Crippen LogP contribution in [0.2, 0.25) is 0 Å². The standard InChI is InChI=1S/C31H28F4N6O3/c32-26-9-4-17(11-27-24-12-22(44-21-2-1-3-21)7-8-23(24)28(42)39-38-27)10-25(26)29(43)40-15-19-5-6-20(16-40)41(19)30-36-13-18(14-37-30)31(33,34)35/h4,7-10,12-14,19-21H,1-3,5-6,11,15-16H2,(H,39,42)/t19-,20+. The fraction of sp³-hybridized carbons (Fsp3) is 0.387. The van der Waals surface area contributed by atoms with Crippen LogP contribution in [0.4, 0.5) is 23.5 Å². The number of aromatic nitrogens is 4. The highest BCUT2D eigenvalue weighted by Crippen LogP contribution is 2.35. The first-order chi connectivity index (χ1) is 21.1. The van der Waals surface area contributed by atoms with Crippen LogP contribution < -0.4 is 15.2 Å². The van der Waals surface area contributed by atoms with Gasteiger partial charge < -0.3 is 14.5 Å². The second-order valence-corrected chi connectivity index (χ2v) is 11.6. The van der Waals surface area contributed by atoms with Gasteiger partial charge in [0, 0.05) is 49.4 Å². The highest BCUT2D eigenvalue weighted by atomic mass is 19.4. The normalized spacial score (nSPS) is 20.2. The highest BCUT2D eigenvalue weighted by molar-refractivity contribution is 5.95. The molecular formula is C31H28F4N6O3. The second kappa shape index (κ2) is 10.9. The van der Waals surface area contributed by atoms with Gasteiger partial charge in [0.15, 0.2) is 0 Å².